The third kappa shape index (κ3) is 4.08. The zero-order valence-corrected chi connectivity index (χ0v) is 12.9. The van der Waals surface area contributed by atoms with Crippen LogP contribution in [0.2, 0.25) is 0 Å². The summed E-state index contributed by atoms with van der Waals surface area (Å²) in [7, 11) is 0. The van der Waals surface area contributed by atoms with Crippen molar-refractivity contribution in [3.05, 3.63) is 50.2 Å². The number of halogens is 4. The van der Waals surface area contributed by atoms with E-state index in [-0.39, 0.29) is 5.69 Å². The van der Waals surface area contributed by atoms with Gasteiger partial charge in [0, 0.05) is 3.57 Å². The molecule has 1 heterocycles. The lowest BCUT2D eigenvalue weighted by Crippen LogP contribution is -2.21. The van der Waals surface area contributed by atoms with Gasteiger partial charge < -0.3 is 0 Å². The smallest absolute Gasteiger partial charge is 0.234 e. The fraction of sp³-hybridized carbons (Fsp3) is 0.0714. The number of benzene rings is 1. The van der Waals surface area contributed by atoms with Gasteiger partial charge in [-0.15, -0.1) is 11.3 Å². The number of hydrogen-bond donors (Lipinski definition) is 0. The number of nitrogens with zero attached hydrogens (tertiary/aromatic N) is 1. The lowest BCUT2D eigenvalue weighted by molar-refractivity contribution is -0.0571. The Labute approximate surface area is 131 Å². The molecule has 0 unspecified atom stereocenters. The van der Waals surface area contributed by atoms with Crippen molar-refractivity contribution in [2.45, 2.75) is 6.18 Å². The summed E-state index contributed by atoms with van der Waals surface area (Å²) < 4.78 is 39.4. The zero-order valence-electron chi connectivity index (χ0n) is 9.91. The third-order valence-corrected chi connectivity index (χ3v) is 3.88. The standard InChI is InChI=1S/C14H7F3INS/c15-14(16,17)13(8-7-10-4-3-9-20-10)19-12-6-2-1-5-11(12)18/h1-6,9H. The van der Waals surface area contributed by atoms with E-state index in [2.05, 4.69) is 16.8 Å². The minimum absolute atomic E-state index is 0.265. The number of thiophene rings is 1. The molecule has 20 heavy (non-hydrogen) atoms. The second-order valence-electron chi connectivity index (χ2n) is 3.64. The quantitative estimate of drug-likeness (QED) is 0.358. The minimum atomic E-state index is -4.57. The van der Waals surface area contributed by atoms with E-state index in [1.54, 1.807) is 35.7 Å². The molecule has 6 heteroatoms. The van der Waals surface area contributed by atoms with Gasteiger partial charge in [-0.05, 0) is 58.0 Å². The molecule has 0 bridgehead atoms. The Bertz CT molecular complexity index is 678. The molecule has 0 saturated carbocycles. The number of alkyl halides is 3. The minimum Gasteiger partial charge on any atom is -0.234 e. The normalized spacial score (nSPS) is 11.9. The summed E-state index contributed by atoms with van der Waals surface area (Å²) in [5.74, 6) is 4.61. The lowest BCUT2D eigenvalue weighted by Gasteiger charge is -2.05. The first-order chi connectivity index (χ1) is 9.47. The van der Waals surface area contributed by atoms with Crippen LogP contribution in [0.3, 0.4) is 0 Å². The largest absolute Gasteiger partial charge is 0.441 e. The highest BCUT2D eigenvalue weighted by Crippen LogP contribution is 2.25. The molecule has 2 rings (SSSR count). The Morgan fingerprint density at radius 3 is 2.50 bits per heavy atom. The van der Waals surface area contributed by atoms with Gasteiger partial charge in [0.05, 0.1) is 10.6 Å². The summed E-state index contributed by atoms with van der Waals surface area (Å²) in [5, 5.41) is 1.76. The monoisotopic (exact) mass is 405 g/mol. The van der Waals surface area contributed by atoms with Crippen LogP contribution in [0.1, 0.15) is 4.88 Å². The first-order valence-corrected chi connectivity index (χ1v) is 7.38. The first kappa shape index (κ1) is 15.1. The molecule has 102 valence electrons. The van der Waals surface area contributed by atoms with Crippen molar-refractivity contribution in [1.29, 1.82) is 0 Å². The molecule has 1 aromatic carbocycles. The van der Waals surface area contributed by atoms with Gasteiger partial charge in [-0.25, -0.2) is 4.99 Å². The van der Waals surface area contributed by atoms with Crippen LogP contribution in [0, 0.1) is 15.4 Å². The predicted octanol–water partition coefficient (Wildman–Crippen LogP) is 5.04. The number of aliphatic imine (C=N–C) groups is 1. The molecular weight excluding hydrogens is 398 g/mol. The molecule has 0 spiro atoms. The van der Waals surface area contributed by atoms with Gasteiger partial charge in [-0.3, -0.25) is 0 Å². The van der Waals surface area contributed by atoms with E-state index in [1.165, 1.54) is 17.4 Å². The second kappa shape index (κ2) is 6.41. The summed E-state index contributed by atoms with van der Waals surface area (Å²) in [5.41, 5.74) is -0.823. The molecule has 0 saturated heterocycles. The predicted molar refractivity (Wildman–Crippen MR) is 83.5 cm³/mol. The SMILES string of the molecule is FC(F)(F)C(C#Cc1cccs1)=Nc1ccccc1I. The molecule has 0 atom stereocenters. The second-order valence-corrected chi connectivity index (χ2v) is 5.75. The van der Waals surface area contributed by atoms with Crippen LogP contribution < -0.4 is 0 Å². The van der Waals surface area contributed by atoms with Crippen LogP contribution in [0.4, 0.5) is 18.9 Å². The van der Waals surface area contributed by atoms with Gasteiger partial charge in [0.1, 0.15) is 0 Å². The first-order valence-electron chi connectivity index (χ1n) is 5.43. The Morgan fingerprint density at radius 2 is 1.90 bits per heavy atom. The van der Waals surface area contributed by atoms with Crippen molar-refractivity contribution in [3.63, 3.8) is 0 Å². The van der Waals surface area contributed by atoms with Crippen molar-refractivity contribution in [2.75, 3.05) is 0 Å². The van der Waals surface area contributed by atoms with Crippen LogP contribution in [0.15, 0.2) is 46.8 Å². The van der Waals surface area contributed by atoms with Crippen molar-refractivity contribution in [2.24, 2.45) is 4.99 Å². The summed E-state index contributed by atoms with van der Waals surface area (Å²) in [6, 6.07) is 10.0. The third-order valence-electron chi connectivity index (χ3n) is 2.18. The van der Waals surface area contributed by atoms with Crippen molar-refractivity contribution in [1.82, 2.24) is 0 Å². The Morgan fingerprint density at radius 1 is 1.15 bits per heavy atom. The average Bonchev–Trinajstić information content (AvgIpc) is 2.88. The van der Waals surface area contributed by atoms with E-state index < -0.39 is 11.9 Å². The Hall–Kier alpha value is -1.33. The molecule has 0 aliphatic heterocycles. The molecule has 0 amide bonds. The van der Waals surface area contributed by atoms with Crippen molar-refractivity contribution in [3.8, 4) is 11.8 Å². The fourth-order valence-electron chi connectivity index (χ4n) is 1.30. The maximum atomic E-state index is 12.9. The van der Waals surface area contributed by atoms with Gasteiger partial charge in [0.15, 0.2) is 5.71 Å². The van der Waals surface area contributed by atoms with Gasteiger partial charge in [-0.1, -0.05) is 18.2 Å². The number of rotatable bonds is 1. The van der Waals surface area contributed by atoms with Gasteiger partial charge in [0.25, 0.3) is 0 Å². The Kier molecular flexibility index (Phi) is 4.83. The lowest BCUT2D eigenvalue weighted by atomic mass is 10.3. The topological polar surface area (TPSA) is 12.4 Å². The van der Waals surface area contributed by atoms with E-state index in [9.17, 15) is 13.2 Å². The van der Waals surface area contributed by atoms with Gasteiger partial charge in [0.2, 0.25) is 0 Å². The van der Waals surface area contributed by atoms with Crippen LogP contribution >= 0.6 is 33.9 Å². The maximum Gasteiger partial charge on any atom is 0.441 e. The van der Waals surface area contributed by atoms with Crippen molar-refractivity contribution >= 4 is 45.3 Å². The maximum absolute atomic E-state index is 12.9. The summed E-state index contributed by atoms with van der Waals surface area (Å²) >= 11 is 3.23. The van der Waals surface area contributed by atoms with E-state index in [1.807, 2.05) is 22.6 Å². The molecule has 1 aromatic heterocycles. The van der Waals surface area contributed by atoms with Crippen LogP contribution in [0.25, 0.3) is 0 Å². The molecule has 0 aliphatic carbocycles. The van der Waals surface area contributed by atoms with Crippen LogP contribution in [-0.4, -0.2) is 11.9 Å². The van der Waals surface area contributed by atoms with Crippen molar-refractivity contribution < 1.29 is 13.2 Å². The summed E-state index contributed by atoms with van der Waals surface area (Å²) in [4.78, 5) is 4.22. The highest BCUT2D eigenvalue weighted by Gasteiger charge is 2.35. The number of para-hydroxylation sites is 1. The number of hydrogen-bond acceptors (Lipinski definition) is 2. The van der Waals surface area contributed by atoms with Gasteiger partial charge in [-0.2, -0.15) is 13.2 Å². The van der Waals surface area contributed by atoms with Crippen LogP contribution in [0.5, 0.6) is 0 Å². The zero-order chi connectivity index (χ0) is 14.6. The van der Waals surface area contributed by atoms with Gasteiger partial charge >= 0.3 is 6.18 Å². The summed E-state index contributed by atoms with van der Waals surface area (Å²) in [6.45, 7) is 0. The highest BCUT2D eigenvalue weighted by molar-refractivity contribution is 14.1. The van der Waals surface area contributed by atoms with E-state index >= 15 is 0 Å². The molecular formula is C14H7F3INS. The summed E-state index contributed by atoms with van der Waals surface area (Å²) in [6.07, 6.45) is -4.57. The molecule has 1 nitrogen and oxygen atoms in total. The fourth-order valence-corrected chi connectivity index (χ4v) is 2.37. The van der Waals surface area contributed by atoms with Crippen LogP contribution in [-0.2, 0) is 0 Å². The molecule has 0 aliphatic rings. The van der Waals surface area contributed by atoms with E-state index in [0.29, 0.717) is 8.45 Å². The Balaban J connectivity index is 2.41. The molecule has 0 radical (unpaired) electrons. The molecule has 0 fully saturated rings. The van der Waals surface area contributed by atoms with E-state index in [0.717, 1.165) is 0 Å². The average molecular weight is 405 g/mol. The molecule has 2 aromatic rings. The van der Waals surface area contributed by atoms with E-state index in [4.69, 9.17) is 0 Å². The molecule has 0 N–H and O–H groups in total. The highest BCUT2D eigenvalue weighted by atomic mass is 127.